The summed E-state index contributed by atoms with van der Waals surface area (Å²) in [6, 6.07) is 75.8. The Balaban J connectivity index is 1.13. The van der Waals surface area contributed by atoms with Crippen LogP contribution in [0, 0.1) is 27.7 Å². The van der Waals surface area contributed by atoms with Gasteiger partial charge in [-0.1, -0.05) is 180 Å². The van der Waals surface area contributed by atoms with E-state index in [2.05, 4.69) is 272 Å². The van der Waals surface area contributed by atoms with Crippen molar-refractivity contribution >= 4 is 105 Å². The molecule has 0 N–H and O–H groups in total. The maximum absolute atomic E-state index is 2.66. The number of nitrogens with zero attached hydrogens (tertiary/aromatic N) is 4. The second-order valence-electron chi connectivity index (χ2n) is 21.7. The normalized spacial score (nSPS) is 14.2. The number of fused-ring (bicyclic) bond motifs is 12. The third-order valence-electron chi connectivity index (χ3n) is 16.8. The predicted molar refractivity (Wildman–Crippen MR) is 325 cm³/mol. The van der Waals surface area contributed by atoms with E-state index in [1.54, 1.807) is 0 Å². The van der Waals surface area contributed by atoms with Gasteiger partial charge >= 0.3 is 0 Å². The van der Waals surface area contributed by atoms with Gasteiger partial charge in [0.15, 0.2) is 0 Å². The molecule has 1 aliphatic rings. The summed E-state index contributed by atoms with van der Waals surface area (Å²) in [4.78, 5) is 5.13. The Kier molecular flexibility index (Phi) is 9.75. The lowest BCUT2D eigenvalue weighted by molar-refractivity contribution is 0.718. The van der Waals surface area contributed by atoms with Crippen LogP contribution in [0.3, 0.4) is 0 Å². The number of hydrogen-bond acceptors (Lipinski definition) is 2. The Morgan fingerprint density at radius 1 is 0.382 bits per heavy atom. The summed E-state index contributed by atoms with van der Waals surface area (Å²) in [5.74, 6) is 0. The van der Waals surface area contributed by atoms with Crippen LogP contribution in [0.5, 0.6) is 0 Å². The molecule has 4 heterocycles. The molecule has 4 heteroatoms. The number of anilines is 5. The first-order valence-electron chi connectivity index (χ1n) is 26.9. The van der Waals surface area contributed by atoms with E-state index in [1.165, 1.54) is 149 Å². The van der Waals surface area contributed by atoms with Crippen molar-refractivity contribution in [1.82, 2.24) is 8.80 Å². The van der Waals surface area contributed by atoms with E-state index in [-0.39, 0.29) is 6.04 Å². The fourth-order valence-electron chi connectivity index (χ4n) is 13.4. The average Bonchev–Trinajstić information content (AvgIpc) is 4.32. The first-order chi connectivity index (χ1) is 37.2. The van der Waals surface area contributed by atoms with Crippen molar-refractivity contribution < 1.29 is 0 Å². The van der Waals surface area contributed by atoms with Crippen LogP contribution in [-0.4, -0.2) is 14.8 Å². The predicted octanol–water partition coefficient (Wildman–Crippen LogP) is 19.8. The number of rotatable bonds is 8. The van der Waals surface area contributed by atoms with Crippen LogP contribution in [0.15, 0.2) is 223 Å². The van der Waals surface area contributed by atoms with Crippen LogP contribution >= 0.6 is 0 Å². The Morgan fingerprint density at radius 3 is 1.41 bits per heavy atom. The Morgan fingerprint density at radius 2 is 0.855 bits per heavy atom. The van der Waals surface area contributed by atoms with Crippen LogP contribution < -0.4 is 9.80 Å². The monoisotopic (exact) mass is 976 g/mol. The number of hydrogen-bond donors (Lipinski definition) is 0. The van der Waals surface area contributed by atoms with Gasteiger partial charge in [0.25, 0.3) is 0 Å². The molecule has 1 aliphatic carbocycles. The molecule has 15 rings (SSSR count). The van der Waals surface area contributed by atoms with Crippen molar-refractivity contribution in [3.05, 3.63) is 246 Å². The summed E-state index contributed by atoms with van der Waals surface area (Å²) in [6.07, 6.45) is 5.59. The van der Waals surface area contributed by atoms with Crippen LogP contribution in [0.2, 0.25) is 0 Å². The Bertz CT molecular complexity index is 4710. The molecule has 0 amide bonds. The van der Waals surface area contributed by atoms with Gasteiger partial charge in [0.1, 0.15) is 0 Å². The molecular weight excluding hydrogens is 921 g/mol. The number of para-hydroxylation sites is 2. The molecule has 0 fully saturated rings. The van der Waals surface area contributed by atoms with Gasteiger partial charge in [-0.15, -0.1) is 0 Å². The molecule has 364 valence electrons. The molecule has 0 bridgehead atoms. The summed E-state index contributed by atoms with van der Waals surface area (Å²) in [6.45, 7) is 13.4. The van der Waals surface area contributed by atoms with Crippen molar-refractivity contribution in [1.29, 1.82) is 0 Å². The topological polar surface area (TPSA) is 15.3 Å². The van der Waals surface area contributed by atoms with E-state index < -0.39 is 0 Å². The third-order valence-corrected chi connectivity index (χ3v) is 16.8. The number of allylic oxidation sites excluding steroid dienone is 2. The largest absolute Gasteiger partial charge is 0.333 e. The maximum Gasteiger partial charge on any atom is 0.0634 e. The van der Waals surface area contributed by atoms with Crippen molar-refractivity contribution in [2.24, 2.45) is 0 Å². The minimum absolute atomic E-state index is 0.165. The number of aryl methyl sites for hydroxylation is 4. The second-order valence-corrected chi connectivity index (χ2v) is 21.7. The SMILES string of the molecule is CC1=CC=C(C)C(N(c2ccc(C)cc2)c2cccc3c2c2cccc4c5c(-c6ccccc6)c6c(c(-c7ccccc7)c5n3c24)c2cccc3c4c(N(c5ccc(C)cc5)c5cc(C)ccc5C)cccc4n6c32)C1. The van der Waals surface area contributed by atoms with Gasteiger partial charge < -0.3 is 18.6 Å². The second kappa shape index (κ2) is 16.7. The van der Waals surface area contributed by atoms with Gasteiger partial charge in [0, 0.05) is 71.3 Å². The molecule has 4 aromatic heterocycles. The summed E-state index contributed by atoms with van der Waals surface area (Å²) >= 11 is 0. The zero-order valence-electron chi connectivity index (χ0n) is 43.8. The molecule has 0 saturated heterocycles. The third kappa shape index (κ3) is 6.31. The van der Waals surface area contributed by atoms with Gasteiger partial charge in [-0.3, -0.25) is 0 Å². The van der Waals surface area contributed by atoms with Crippen LogP contribution in [-0.2, 0) is 0 Å². The average molecular weight is 977 g/mol. The molecule has 76 heavy (non-hydrogen) atoms. The molecule has 0 spiro atoms. The quantitative estimate of drug-likeness (QED) is 0.151. The van der Waals surface area contributed by atoms with E-state index in [4.69, 9.17) is 0 Å². The fourth-order valence-corrected chi connectivity index (χ4v) is 13.4. The van der Waals surface area contributed by atoms with Gasteiger partial charge in [-0.25, -0.2) is 0 Å². The van der Waals surface area contributed by atoms with Crippen LogP contribution in [0.1, 0.15) is 42.5 Å². The Labute approximate surface area is 443 Å². The van der Waals surface area contributed by atoms with Gasteiger partial charge in [-0.05, 0) is 125 Å². The standard InChI is InChI=1S/C72H56N4/c1-43-31-37-51(38-32-43)73(61-41-45(3)29-35-47(61)5)57-25-15-27-59-65(57)53-21-13-23-55-67-64(50-19-11-8-12-20-50)72-68(63(49-17-9-7-10-18-49)71(67)75(59)69(53)55)56-24-14-22-54-66-58(26-16-28-60(66)76(72)70(54)56)74(52-39-33-44(2)34-40-52)62-42-46(4)30-36-48(62)6/h7-41,62H,42H2,1-6H3. The summed E-state index contributed by atoms with van der Waals surface area (Å²) in [5, 5.41) is 10.1. The summed E-state index contributed by atoms with van der Waals surface area (Å²) in [7, 11) is 0. The Hall–Kier alpha value is -9.12. The van der Waals surface area contributed by atoms with E-state index in [0.717, 1.165) is 17.8 Å². The highest BCUT2D eigenvalue weighted by molar-refractivity contribution is 6.39. The minimum atomic E-state index is 0.165. The highest BCUT2D eigenvalue weighted by atomic mass is 15.2. The molecule has 0 saturated carbocycles. The van der Waals surface area contributed by atoms with Gasteiger partial charge in [0.05, 0.1) is 50.5 Å². The highest BCUT2D eigenvalue weighted by Crippen LogP contribution is 2.56. The lowest BCUT2D eigenvalue weighted by Crippen LogP contribution is -2.33. The molecule has 4 nitrogen and oxygen atoms in total. The molecule has 1 atom stereocenters. The first-order valence-corrected chi connectivity index (χ1v) is 26.9. The van der Waals surface area contributed by atoms with E-state index in [0.29, 0.717) is 0 Å². The van der Waals surface area contributed by atoms with Gasteiger partial charge in [-0.2, -0.15) is 0 Å². The first kappa shape index (κ1) is 44.4. The van der Waals surface area contributed by atoms with E-state index >= 15 is 0 Å². The van der Waals surface area contributed by atoms with Crippen LogP contribution in [0.4, 0.5) is 28.4 Å². The van der Waals surface area contributed by atoms with Gasteiger partial charge in [0.2, 0.25) is 0 Å². The number of aromatic nitrogens is 2. The van der Waals surface area contributed by atoms with Crippen LogP contribution in [0.25, 0.3) is 98.4 Å². The van der Waals surface area contributed by atoms with Crippen molar-refractivity contribution in [3.8, 4) is 22.3 Å². The lowest BCUT2D eigenvalue weighted by Gasteiger charge is -2.37. The summed E-state index contributed by atoms with van der Waals surface area (Å²) in [5.41, 5.74) is 25.9. The summed E-state index contributed by atoms with van der Waals surface area (Å²) < 4.78 is 5.30. The molecule has 14 aromatic rings. The maximum atomic E-state index is 2.66. The van der Waals surface area contributed by atoms with Crippen molar-refractivity contribution in [2.75, 3.05) is 9.80 Å². The van der Waals surface area contributed by atoms with E-state index in [1.807, 2.05) is 0 Å². The molecule has 0 aliphatic heterocycles. The smallest absolute Gasteiger partial charge is 0.0634 e. The highest BCUT2D eigenvalue weighted by Gasteiger charge is 2.33. The zero-order valence-corrected chi connectivity index (χ0v) is 43.8. The van der Waals surface area contributed by atoms with Crippen molar-refractivity contribution in [3.63, 3.8) is 0 Å². The van der Waals surface area contributed by atoms with Crippen molar-refractivity contribution in [2.45, 2.75) is 54.0 Å². The lowest BCUT2D eigenvalue weighted by atomic mass is 9.89. The molecule has 10 aromatic carbocycles. The molecule has 0 radical (unpaired) electrons. The fraction of sp³-hybridized carbons (Fsp3) is 0.111. The zero-order chi connectivity index (χ0) is 51.1. The number of benzene rings is 10. The van der Waals surface area contributed by atoms with E-state index in [9.17, 15) is 0 Å². The molecular formula is C72H56N4. The molecule has 1 unspecified atom stereocenters. The minimum Gasteiger partial charge on any atom is -0.333 e.